The zero-order valence-corrected chi connectivity index (χ0v) is 13.0. The molecule has 22 heavy (non-hydrogen) atoms. The third-order valence-corrected chi connectivity index (χ3v) is 4.07. The van der Waals surface area contributed by atoms with E-state index in [9.17, 15) is 9.59 Å². The second kappa shape index (κ2) is 7.82. The summed E-state index contributed by atoms with van der Waals surface area (Å²) in [6, 6.07) is 6.14. The van der Waals surface area contributed by atoms with Gasteiger partial charge >= 0.3 is 12.0 Å². The van der Waals surface area contributed by atoms with Gasteiger partial charge in [-0.05, 0) is 55.7 Å². The lowest BCUT2D eigenvalue weighted by atomic mass is 9.89. The van der Waals surface area contributed by atoms with Gasteiger partial charge in [0.25, 0.3) is 0 Å². The number of amides is 2. The van der Waals surface area contributed by atoms with Gasteiger partial charge in [-0.25, -0.2) is 4.79 Å². The molecule has 0 saturated carbocycles. The summed E-state index contributed by atoms with van der Waals surface area (Å²) < 4.78 is 0. The van der Waals surface area contributed by atoms with Crippen molar-refractivity contribution in [2.75, 3.05) is 6.54 Å². The number of carbonyl (C=O) groups excluding carboxylic acids is 1. The molecule has 0 fully saturated rings. The number of hydrogen-bond acceptors (Lipinski definition) is 2. The lowest BCUT2D eigenvalue weighted by Crippen LogP contribution is -2.37. The van der Waals surface area contributed by atoms with Crippen LogP contribution in [0.5, 0.6) is 0 Å². The Hall–Kier alpha value is -2.04. The molecule has 2 rings (SSSR count). The molecule has 0 aromatic heterocycles. The van der Waals surface area contributed by atoms with E-state index in [1.807, 2.05) is 6.92 Å². The molecule has 120 valence electrons. The summed E-state index contributed by atoms with van der Waals surface area (Å²) in [6.45, 7) is 2.33. The van der Waals surface area contributed by atoms with Crippen LogP contribution in [0.15, 0.2) is 18.2 Å². The summed E-state index contributed by atoms with van der Waals surface area (Å²) in [4.78, 5) is 22.2. The standard InChI is InChI=1S/C17H24N2O3/c1-12(19-17(22)18-10-4-7-16(20)21)14-9-8-13-5-2-3-6-15(13)11-14/h8-9,11-12H,2-7,10H2,1H3,(H,20,21)(H2,18,19,22)/t12-/m0/s1. The quantitative estimate of drug-likeness (QED) is 0.707. The van der Waals surface area contributed by atoms with Crippen molar-refractivity contribution in [3.8, 4) is 0 Å². The third-order valence-electron chi connectivity index (χ3n) is 4.07. The predicted molar refractivity (Wildman–Crippen MR) is 84.9 cm³/mol. The van der Waals surface area contributed by atoms with Gasteiger partial charge < -0.3 is 15.7 Å². The second-order valence-electron chi connectivity index (χ2n) is 5.85. The number of hydrogen-bond donors (Lipinski definition) is 3. The maximum absolute atomic E-state index is 11.8. The molecule has 0 bridgehead atoms. The molecule has 5 nitrogen and oxygen atoms in total. The number of rotatable bonds is 6. The topological polar surface area (TPSA) is 78.4 Å². The Morgan fingerprint density at radius 3 is 2.68 bits per heavy atom. The smallest absolute Gasteiger partial charge is 0.315 e. The number of carboxylic acids is 1. The van der Waals surface area contributed by atoms with Crippen molar-refractivity contribution in [3.05, 3.63) is 34.9 Å². The molecule has 5 heteroatoms. The van der Waals surface area contributed by atoms with Crippen LogP contribution in [0.4, 0.5) is 4.79 Å². The first-order chi connectivity index (χ1) is 10.6. The van der Waals surface area contributed by atoms with Crippen LogP contribution in [-0.2, 0) is 17.6 Å². The second-order valence-corrected chi connectivity index (χ2v) is 5.85. The summed E-state index contributed by atoms with van der Waals surface area (Å²) in [6.07, 6.45) is 5.29. The van der Waals surface area contributed by atoms with E-state index in [0.717, 1.165) is 18.4 Å². The van der Waals surface area contributed by atoms with E-state index in [2.05, 4.69) is 28.8 Å². The molecular weight excluding hydrogens is 280 g/mol. The predicted octanol–water partition coefficient (Wildman–Crippen LogP) is 2.79. The molecule has 0 radical (unpaired) electrons. The highest BCUT2D eigenvalue weighted by Gasteiger charge is 2.13. The Kier molecular flexibility index (Phi) is 5.81. The molecule has 3 N–H and O–H groups in total. The highest BCUT2D eigenvalue weighted by molar-refractivity contribution is 5.74. The summed E-state index contributed by atoms with van der Waals surface area (Å²) in [5, 5.41) is 14.1. The first-order valence-corrected chi connectivity index (χ1v) is 7.94. The minimum atomic E-state index is -0.843. The lowest BCUT2D eigenvalue weighted by Gasteiger charge is -2.20. The Morgan fingerprint density at radius 1 is 1.23 bits per heavy atom. The van der Waals surface area contributed by atoms with E-state index in [1.54, 1.807) is 0 Å². The van der Waals surface area contributed by atoms with E-state index in [-0.39, 0.29) is 18.5 Å². The number of carbonyl (C=O) groups is 2. The van der Waals surface area contributed by atoms with Crippen molar-refractivity contribution in [2.45, 2.75) is 51.5 Å². The Balaban J connectivity index is 1.82. The van der Waals surface area contributed by atoms with Gasteiger partial charge in [-0.3, -0.25) is 4.79 Å². The molecule has 2 amide bonds. The average Bonchev–Trinajstić information content (AvgIpc) is 2.51. The van der Waals surface area contributed by atoms with Gasteiger partial charge in [-0.1, -0.05) is 18.2 Å². The maximum Gasteiger partial charge on any atom is 0.315 e. The van der Waals surface area contributed by atoms with Crippen LogP contribution in [0.2, 0.25) is 0 Å². The van der Waals surface area contributed by atoms with Crippen molar-refractivity contribution >= 4 is 12.0 Å². The molecule has 1 aliphatic rings. The van der Waals surface area contributed by atoms with Crippen molar-refractivity contribution in [1.29, 1.82) is 0 Å². The SMILES string of the molecule is C[C@H](NC(=O)NCCCC(=O)O)c1ccc2c(c1)CCCC2. The van der Waals surface area contributed by atoms with E-state index >= 15 is 0 Å². The van der Waals surface area contributed by atoms with Crippen LogP contribution in [0, 0.1) is 0 Å². The van der Waals surface area contributed by atoms with E-state index < -0.39 is 5.97 Å². The highest BCUT2D eigenvalue weighted by atomic mass is 16.4. The summed E-state index contributed by atoms with van der Waals surface area (Å²) in [5.41, 5.74) is 3.95. The van der Waals surface area contributed by atoms with Gasteiger partial charge in [-0.15, -0.1) is 0 Å². The molecule has 1 atom stereocenters. The van der Waals surface area contributed by atoms with Crippen LogP contribution in [-0.4, -0.2) is 23.7 Å². The summed E-state index contributed by atoms with van der Waals surface area (Å²) in [5.74, 6) is -0.843. The summed E-state index contributed by atoms with van der Waals surface area (Å²) >= 11 is 0. The largest absolute Gasteiger partial charge is 0.481 e. The molecule has 0 heterocycles. The van der Waals surface area contributed by atoms with Crippen molar-refractivity contribution in [3.63, 3.8) is 0 Å². The van der Waals surface area contributed by atoms with Crippen LogP contribution < -0.4 is 10.6 Å². The minimum Gasteiger partial charge on any atom is -0.481 e. The van der Waals surface area contributed by atoms with Gasteiger partial charge in [0.15, 0.2) is 0 Å². The van der Waals surface area contributed by atoms with E-state index in [4.69, 9.17) is 5.11 Å². The molecule has 0 saturated heterocycles. The Labute approximate surface area is 131 Å². The fourth-order valence-corrected chi connectivity index (χ4v) is 2.80. The van der Waals surface area contributed by atoms with Gasteiger partial charge in [0.05, 0.1) is 6.04 Å². The molecule has 1 aromatic carbocycles. The third kappa shape index (κ3) is 4.76. The number of aliphatic carboxylic acids is 1. The molecule has 0 unspecified atom stereocenters. The first-order valence-electron chi connectivity index (χ1n) is 7.94. The van der Waals surface area contributed by atoms with Crippen LogP contribution in [0.3, 0.4) is 0 Å². The van der Waals surface area contributed by atoms with Gasteiger partial charge in [0.2, 0.25) is 0 Å². The molecule has 1 aromatic rings. The molecular formula is C17H24N2O3. The van der Waals surface area contributed by atoms with Gasteiger partial charge in [-0.2, -0.15) is 0 Å². The van der Waals surface area contributed by atoms with Crippen molar-refractivity contribution < 1.29 is 14.7 Å². The monoisotopic (exact) mass is 304 g/mol. The normalized spacial score (nSPS) is 14.8. The molecule has 0 aliphatic heterocycles. The Bertz CT molecular complexity index is 543. The zero-order valence-electron chi connectivity index (χ0n) is 13.0. The molecule has 1 aliphatic carbocycles. The Morgan fingerprint density at radius 2 is 1.95 bits per heavy atom. The number of aryl methyl sites for hydroxylation is 2. The minimum absolute atomic E-state index is 0.0632. The van der Waals surface area contributed by atoms with Crippen molar-refractivity contribution in [1.82, 2.24) is 10.6 Å². The fourth-order valence-electron chi connectivity index (χ4n) is 2.80. The zero-order chi connectivity index (χ0) is 15.9. The van der Waals surface area contributed by atoms with E-state index in [0.29, 0.717) is 13.0 Å². The average molecular weight is 304 g/mol. The number of carboxylic acid groups (broad SMARTS) is 1. The van der Waals surface area contributed by atoms with Gasteiger partial charge in [0.1, 0.15) is 0 Å². The first kappa shape index (κ1) is 16.3. The summed E-state index contributed by atoms with van der Waals surface area (Å²) in [7, 11) is 0. The van der Waals surface area contributed by atoms with Crippen LogP contribution >= 0.6 is 0 Å². The fraction of sp³-hybridized carbons (Fsp3) is 0.529. The molecule has 0 spiro atoms. The highest BCUT2D eigenvalue weighted by Crippen LogP contribution is 2.24. The van der Waals surface area contributed by atoms with E-state index in [1.165, 1.54) is 24.0 Å². The number of fused-ring (bicyclic) bond motifs is 1. The number of nitrogens with one attached hydrogen (secondary N) is 2. The van der Waals surface area contributed by atoms with Crippen LogP contribution in [0.1, 0.15) is 55.3 Å². The van der Waals surface area contributed by atoms with Crippen LogP contribution in [0.25, 0.3) is 0 Å². The number of urea groups is 1. The lowest BCUT2D eigenvalue weighted by molar-refractivity contribution is -0.137. The van der Waals surface area contributed by atoms with Crippen molar-refractivity contribution in [2.24, 2.45) is 0 Å². The van der Waals surface area contributed by atoms with Gasteiger partial charge in [0, 0.05) is 13.0 Å². The number of benzene rings is 1. The maximum atomic E-state index is 11.8.